The van der Waals surface area contributed by atoms with Crippen LogP contribution in [0.2, 0.25) is 0 Å². The lowest BCUT2D eigenvalue weighted by Crippen LogP contribution is -2.26. The van der Waals surface area contributed by atoms with Crippen LogP contribution in [0, 0.1) is 0 Å². The molecular weight excluding hydrogens is 927 g/mol. The summed E-state index contributed by atoms with van der Waals surface area (Å²) in [5.41, 5.74) is 25.3. The van der Waals surface area contributed by atoms with E-state index in [-0.39, 0.29) is 5.41 Å². The molecule has 0 bridgehead atoms. The average Bonchev–Trinajstić information content (AvgIpc) is 3.28. The molecule has 4 aliphatic carbocycles. The SMILES string of the molecule is CC(C)(C)c1ccc(N(c2ccc3c4c(ccc3c2)-c2c(ccc3ccccc23)C42c3ccccc3-c3ccccc32)c2ccc3c4c(ccc3c2)-c2c(ccc3ccccc23)C42c3ccccc3-c3ccccc32)cc1. The third kappa shape index (κ3) is 5.43. The normalized spacial score (nSPS) is 14.4. The molecule has 0 aliphatic heterocycles. The van der Waals surface area contributed by atoms with E-state index in [0.717, 1.165) is 17.1 Å². The van der Waals surface area contributed by atoms with Gasteiger partial charge in [-0.15, -0.1) is 0 Å². The minimum Gasteiger partial charge on any atom is -0.310 e. The summed E-state index contributed by atoms with van der Waals surface area (Å²) >= 11 is 0. The fourth-order valence-electron chi connectivity index (χ4n) is 15.3. The summed E-state index contributed by atoms with van der Waals surface area (Å²) in [5.74, 6) is 0. The third-order valence-corrected chi connectivity index (χ3v) is 18.4. The number of rotatable bonds is 3. The van der Waals surface area contributed by atoms with Gasteiger partial charge in [-0.1, -0.05) is 239 Å². The Kier molecular flexibility index (Phi) is 8.48. The second-order valence-corrected chi connectivity index (χ2v) is 23.0. The highest BCUT2D eigenvalue weighted by Crippen LogP contribution is 2.67. The Morgan fingerprint density at radius 1 is 0.273 bits per heavy atom. The first kappa shape index (κ1) is 43.0. The zero-order valence-corrected chi connectivity index (χ0v) is 43.2. The first-order valence-corrected chi connectivity index (χ1v) is 27.3. The summed E-state index contributed by atoms with van der Waals surface area (Å²) in [6.45, 7) is 6.90. The Bertz CT molecular complexity index is 4370. The van der Waals surface area contributed by atoms with Gasteiger partial charge in [0.05, 0.1) is 10.8 Å². The van der Waals surface area contributed by atoms with Gasteiger partial charge < -0.3 is 4.90 Å². The summed E-state index contributed by atoms with van der Waals surface area (Å²) in [5, 5.41) is 10.1. The van der Waals surface area contributed by atoms with Gasteiger partial charge in [-0.3, -0.25) is 0 Å². The molecule has 0 heterocycles. The summed E-state index contributed by atoms with van der Waals surface area (Å²) in [6, 6.07) is 97.6. The van der Waals surface area contributed by atoms with Crippen molar-refractivity contribution in [3.63, 3.8) is 0 Å². The molecule has 2 spiro atoms. The number of benzene rings is 13. The smallest absolute Gasteiger partial charge is 0.0731 e. The van der Waals surface area contributed by atoms with Gasteiger partial charge in [0.2, 0.25) is 0 Å². The van der Waals surface area contributed by atoms with Crippen molar-refractivity contribution in [3.8, 4) is 44.5 Å². The van der Waals surface area contributed by atoms with Crippen LogP contribution in [0.1, 0.15) is 70.8 Å². The van der Waals surface area contributed by atoms with Crippen molar-refractivity contribution < 1.29 is 0 Å². The van der Waals surface area contributed by atoms with Crippen LogP contribution < -0.4 is 4.90 Å². The van der Waals surface area contributed by atoms with Crippen LogP contribution in [0.5, 0.6) is 0 Å². The largest absolute Gasteiger partial charge is 0.310 e. The predicted octanol–water partition coefficient (Wildman–Crippen LogP) is 19.8. The van der Waals surface area contributed by atoms with Crippen molar-refractivity contribution in [1.29, 1.82) is 0 Å². The van der Waals surface area contributed by atoms with Crippen LogP contribution in [-0.2, 0) is 16.2 Å². The van der Waals surface area contributed by atoms with Gasteiger partial charge in [-0.25, -0.2) is 0 Å². The van der Waals surface area contributed by atoms with E-state index in [4.69, 9.17) is 0 Å². The zero-order valence-electron chi connectivity index (χ0n) is 43.2. The molecule has 1 nitrogen and oxygen atoms in total. The number of nitrogens with zero attached hydrogens (tertiary/aromatic N) is 1. The Morgan fingerprint density at radius 3 is 1.05 bits per heavy atom. The van der Waals surface area contributed by atoms with Crippen molar-refractivity contribution in [3.05, 3.63) is 305 Å². The van der Waals surface area contributed by atoms with Crippen LogP contribution in [0.25, 0.3) is 87.6 Å². The van der Waals surface area contributed by atoms with E-state index in [0.29, 0.717) is 0 Å². The Hall–Kier alpha value is -9.30. The molecular formula is C76H51N. The highest BCUT2D eigenvalue weighted by atomic mass is 15.1. The molecule has 77 heavy (non-hydrogen) atoms. The summed E-state index contributed by atoms with van der Waals surface area (Å²) in [4.78, 5) is 2.49. The molecule has 0 saturated carbocycles. The van der Waals surface area contributed by atoms with Gasteiger partial charge in [0.1, 0.15) is 0 Å². The van der Waals surface area contributed by atoms with Gasteiger partial charge >= 0.3 is 0 Å². The number of hydrogen-bond acceptors (Lipinski definition) is 1. The topological polar surface area (TPSA) is 3.24 Å². The minimum absolute atomic E-state index is 0.0166. The second-order valence-electron chi connectivity index (χ2n) is 23.0. The van der Waals surface area contributed by atoms with Gasteiger partial charge in [0.15, 0.2) is 0 Å². The molecule has 0 saturated heterocycles. The number of fused-ring (bicyclic) bond motifs is 28. The maximum absolute atomic E-state index is 2.49. The lowest BCUT2D eigenvalue weighted by atomic mass is 9.69. The third-order valence-electron chi connectivity index (χ3n) is 18.4. The van der Waals surface area contributed by atoms with E-state index in [1.165, 1.54) is 138 Å². The molecule has 0 N–H and O–H groups in total. The monoisotopic (exact) mass is 977 g/mol. The molecule has 0 atom stereocenters. The van der Waals surface area contributed by atoms with Crippen LogP contribution in [0.15, 0.2) is 255 Å². The van der Waals surface area contributed by atoms with E-state index >= 15 is 0 Å². The van der Waals surface area contributed by atoms with Crippen molar-refractivity contribution in [1.82, 2.24) is 0 Å². The Labute approximate surface area is 449 Å². The fraction of sp³-hybridized carbons (Fsp3) is 0.0789. The maximum atomic E-state index is 2.49. The maximum Gasteiger partial charge on any atom is 0.0731 e. The Morgan fingerprint density at radius 2 is 0.636 bits per heavy atom. The van der Waals surface area contributed by atoms with E-state index in [1.807, 2.05) is 0 Å². The van der Waals surface area contributed by atoms with E-state index in [9.17, 15) is 0 Å². The predicted molar refractivity (Wildman–Crippen MR) is 322 cm³/mol. The lowest BCUT2D eigenvalue weighted by molar-refractivity contribution is 0.590. The molecule has 13 aromatic carbocycles. The number of hydrogen-bond donors (Lipinski definition) is 0. The van der Waals surface area contributed by atoms with Gasteiger partial charge in [-0.2, -0.15) is 0 Å². The van der Waals surface area contributed by atoms with Crippen molar-refractivity contribution in [2.24, 2.45) is 0 Å². The molecule has 0 amide bonds. The van der Waals surface area contributed by atoms with Crippen molar-refractivity contribution in [2.45, 2.75) is 37.0 Å². The molecule has 1 heteroatoms. The first-order chi connectivity index (χ1) is 37.8. The molecule has 17 rings (SSSR count). The van der Waals surface area contributed by atoms with E-state index in [1.54, 1.807) is 0 Å². The lowest BCUT2D eigenvalue weighted by Gasteiger charge is -2.32. The quantitative estimate of drug-likeness (QED) is 0.171. The molecule has 0 aromatic heterocycles. The zero-order chi connectivity index (χ0) is 50.9. The van der Waals surface area contributed by atoms with Crippen LogP contribution in [0.3, 0.4) is 0 Å². The fourth-order valence-corrected chi connectivity index (χ4v) is 15.3. The summed E-state index contributed by atoms with van der Waals surface area (Å²) < 4.78 is 0. The summed E-state index contributed by atoms with van der Waals surface area (Å²) in [6.07, 6.45) is 0. The Balaban J connectivity index is 0.902. The van der Waals surface area contributed by atoms with Gasteiger partial charge in [-0.05, 0) is 179 Å². The van der Waals surface area contributed by atoms with E-state index < -0.39 is 10.8 Å². The molecule has 0 fully saturated rings. The standard InChI is InChI=1S/C76H51N/c1-74(2,3)50-32-34-51(35-33-50)77(52-36-40-56-48(44-52)28-38-62-70-54-18-6-4-16-46(54)30-42-68(70)75(72(56)62)64-24-12-8-20-58(64)59-21-9-13-25-65(59)75)53-37-41-57-49(45-53)29-39-63-71-55-19-7-5-17-47(55)31-43-69(71)76(73(57)63)66-26-14-10-22-60(66)61-23-11-15-27-67(61)76/h4-45H,1-3H3. The number of anilines is 3. The van der Waals surface area contributed by atoms with Gasteiger partial charge in [0, 0.05) is 17.1 Å². The van der Waals surface area contributed by atoms with Gasteiger partial charge in [0.25, 0.3) is 0 Å². The van der Waals surface area contributed by atoms with Crippen LogP contribution in [-0.4, -0.2) is 0 Å². The molecule has 0 radical (unpaired) electrons. The van der Waals surface area contributed by atoms with Crippen molar-refractivity contribution in [2.75, 3.05) is 4.90 Å². The van der Waals surface area contributed by atoms with Crippen LogP contribution >= 0.6 is 0 Å². The first-order valence-electron chi connectivity index (χ1n) is 27.3. The van der Waals surface area contributed by atoms with Crippen LogP contribution in [0.4, 0.5) is 17.1 Å². The molecule has 0 unspecified atom stereocenters. The second kappa shape index (κ2) is 15.2. The average molecular weight is 978 g/mol. The molecule has 13 aromatic rings. The molecule has 4 aliphatic rings. The van der Waals surface area contributed by atoms with Crippen molar-refractivity contribution >= 4 is 60.2 Å². The highest BCUT2D eigenvalue weighted by Gasteiger charge is 2.54. The molecule has 360 valence electrons. The minimum atomic E-state index is -0.479. The van der Waals surface area contributed by atoms with E-state index in [2.05, 4.69) is 280 Å². The summed E-state index contributed by atoms with van der Waals surface area (Å²) in [7, 11) is 0. The highest BCUT2D eigenvalue weighted by molar-refractivity contribution is 6.13.